The van der Waals surface area contributed by atoms with Crippen molar-refractivity contribution in [2.75, 3.05) is 13.2 Å². The Morgan fingerprint density at radius 1 is 1.31 bits per heavy atom. The van der Waals surface area contributed by atoms with Crippen molar-refractivity contribution in [2.24, 2.45) is 0 Å². The Kier molecular flexibility index (Phi) is 4.81. The molecule has 0 aliphatic carbocycles. The second-order valence-corrected chi connectivity index (χ2v) is 5.85. The van der Waals surface area contributed by atoms with Gasteiger partial charge >= 0.3 is 0 Å². The van der Waals surface area contributed by atoms with Crippen molar-refractivity contribution in [1.82, 2.24) is 5.32 Å². The number of ether oxygens (including phenoxy) is 1. The molecule has 0 aromatic heterocycles. The molecule has 0 bridgehead atoms. The van der Waals surface area contributed by atoms with Crippen LogP contribution in [0.3, 0.4) is 0 Å². The van der Waals surface area contributed by atoms with Gasteiger partial charge in [-0.25, -0.2) is 0 Å². The predicted octanol–water partition coefficient (Wildman–Crippen LogP) is 3.52. The summed E-state index contributed by atoms with van der Waals surface area (Å²) < 4.78 is 6.79. The molecule has 0 atom stereocenters. The minimum Gasteiger partial charge on any atom is -0.492 e. The summed E-state index contributed by atoms with van der Waals surface area (Å²) in [6, 6.07) is 6.06. The van der Waals surface area contributed by atoms with Crippen LogP contribution in [0.15, 0.2) is 22.7 Å². The van der Waals surface area contributed by atoms with Crippen molar-refractivity contribution in [3.63, 3.8) is 0 Å². The van der Waals surface area contributed by atoms with Gasteiger partial charge in [-0.3, -0.25) is 0 Å². The molecular weight excluding hydrogens is 266 g/mol. The van der Waals surface area contributed by atoms with E-state index in [4.69, 9.17) is 4.74 Å². The zero-order valence-electron chi connectivity index (χ0n) is 10.4. The maximum absolute atomic E-state index is 5.70. The maximum atomic E-state index is 5.70. The molecule has 1 aromatic carbocycles. The van der Waals surface area contributed by atoms with Crippen molar-refractivity contribution in [2.45, 2.75) is 33.2 Å². The van der Waals surface area contributed by atoms with E-state index in [0.29, 0.717) is 6.61 Å². The molecule has 0 aliphatic heterocycles. The van der Waals surface area contributed by atoms with Gasteiger partial charge in [0, 0.05) is 16.6 Å². The molecule has 0 radical (unpaired) electrons. The van der Waals surface area contributed by atoms with Gasteiger partial charge in [-0.15, -0.1) is 0 Å². The van der Waals surface area contributed by atoms with Crippen LogP contribution in [0.2, 0.25) is 0 Å². The number of rotatable bonds is 4. The lowest BCUT2D eigenvalue weighted by molar-refractivity contribution is 0.289. The third-order valence-corrected chi connectivity index (χ3v) is 2.65. The third kappa shape index (κ3) is 4.99. The van der Waals surface area contributed by atoms with Crippen LogP contribution in [0, 0.1) is 6.92 Å². The first-order valence-corrected chi connectivity index (χ1v) is 6.32. The van der Waals surface area contributed by atoms with E-state index >= 15 is 0 Å². The van der Waals surface area contributed by atoms with Crippen LogP contribution in [0.5, 0.6) is 5.75 Å². The smallest absolute Gasteiger partial charge is 0.122 e. The average molecular weight is 286 g/mol. The Morgan fingerprint density at radius 3 is 2.56 bits per heavy atom. The van der Waals surface area contributed by atoms with E-state index in [-0.39, 0.29) is 5.54 Å². The van der Waals surface area contributed by atoms with E-state index in [0.717, 1.165) is 22.3 Å². The van der Waals surface area contributed by atoms with Gasteiger partial charge in [-0.2, -0.15) is 0 Å². The molecule has 0 aliphatic rings. The van der Waals surface area contributed by atoms with Crippen LogP contribution in [0.1, 0.15) is 26.3 Å². The van der Waals surface area contributed by atoms with E-state index in [1.807, 2.05) is 12.1 Å². The first-order chi connectivity index (χ1) is 7.38. The molecule has 0 saturated heterocycles. The van der Waals surface area contributed by atoms with Crippen molar-refractivity contribution in [1.29, 1.82) is 0 Å². The lowest BCUT2D eigenvalue weighted by atomic mass is 10.1. The van der Waals surface area contributed by atoms with Gasteiger partial charge in [0.05, 0.1) is 0 Å². The molecule has 0 unspecified atom stereocenters. The van der Waals surface area contributed by atoms with Gasteiger partial charge in [0.2, 0.25) is 0 Å². The van der Waals surface area contributed by atoms with Crippen LogP contribution < -0.4 is 10.1 Å². The standard InChI is InChI=1S/C13H20BrNO/c1-10-9-11(14)5-6-12(10)16-8-7-15-13(2,3)4/h5-6,9,15H,7-8H2,1-4H3. The first-order valence-electron chi connectivity index (χ1n) is 5.52. The number of benzene rings is 1. The quantitative estimate of drug-likeness (QED) is 0.855. The highest BCUT2D eigenvalue weighted by molar-refractivity contribution is 9.10. The summed E-state index contributed by atoms with van der Waals surface area (Å²) in [5, 5.41) is 3.39. The number of halogens is 1. The molecule has 16 heavy (non-hydrogen) atoms. The fraction of sp³-hybridized carbons (Fsp3) is 0.538. The van der Waals surface area contributed by atoms with Crippen LogP contribution in [-0.2, 0) is 0 Å². The molecule has 90 valence electrons. The third-order valence-electron chi connectivity index (χ3n) is 2.15. The summed E-state index contributed by atoms with van der Waals surface area (Å²) in [6.07, 6.45) is 0. The van der Waals surface area contributed by atoms with Crippen LogP contribution in [0.25, 0.3) is 0 Å². The van der Waals surface area contributed by atoms with Gasteiger partial charge in [0.15, 0.2) is 0 Å². The Labute approximate surface area is 107 Å². The molecular formula is C13H20BrNO. The zero-order chi connectivity index (χ0) is 12.2. The van der Waals surface area contributed by atoms with E-state index in [2.05, 4.69) is 55.0 Å². The minimum atomic E-state index is 0.151. The Bertz CT molecular complexity index is 344. The van der Waals surface area contributed by atoms with Crippen molar-refractivity contribution in [3.8, 4) is 5.75 Å². The number of nitrogens with one attached hydrogen (secondary N) is 1. The lowest BCUT2D eigenvalue weighted by Gasteiger charge is -2.20. The summed E-state index contributed by atoms with van der Waals surface area (Å²) in [7, 11) is 0. The average Bonchev–Trinajstić information content (AvgIpc) is 2.13. The molecule has 1 rings (SSSR count). The Hall–Kier alpha value is -0.540. The monoisotopic (exact) mass is 285 g/mol. The van der Waals surface area contributed by atoms with Crippen molar-refractivity contribution >= 4 is 15.9 Å². The Morgan fingerprint density at radius 2 is 2.00 bits per heavy atom. The van der Waals surface area contributed by atoms with Gasteiger partial charge in [0.25, 0.3) is 0 Å². The highest BCUT2D eigenvalue weighted by Crippen LogP contribution is 2.21. The zero-order valence-corrected chi connectivity index (χ0v) is 12.0. The Balaban J connectivity index is 2.38. The first kappa shape index (κ1) is 13.5. The van der Waals surface area contributed by atoms with E-state index < -0.39 is 0 Å². The largest absolute Gasteiger partial charge is 0.492 e. The van der Waals surface area contributed by atoms with Crippen LogP contribution in [-0.4, -0.2) is 18.7 Å². The highest BCUT2D eigenvalue weighted by Gasteiger charge is 2.07. The van der Waals surface area contributed by atoms with Gasteiger partial charge in [0.1, 0.15) is 12.4 Å². The number of hydrogen-bond acceptors (Lipinski definition) is 2. The van der Waals surface area contributed by atoms with Crippen LogP contribution in [0.4, 0.5) is 0 Å². The molecule has 0 heterocycles. The molecule has 0 fully saturated rings. The van der Waals surface area contributed by atoms with E-state index in [1.165, 1.54) is 0 Å². The van der Waals surface area contributed by atoms with Gasteiger partial charge < -0.3 is 10.1 Å². The molecule has 2 nitrogen and oxygen atoms in total. The fourth-order valence-electron chi connectivity index (χ4n) is 1.36. The summed E-state index contributed by atoms with van der Waals surface area (Å²) in [5.74, 6) is 0.957. The summed E-state index contributed by atoms with van der Waals surface area (Å²) >= 11 is 3.44. The van der Waals surface area contributed by atoms with Gasteiger partial charge in [-0.1, -0.05) is 15.9 Å². The molecule has 0 spiro atoms. The highest BCUT2D eigenvalue weighted by atomic mass is 79.9. The molecule has 0 amide bonds. The number of aryl methyl sites for hydroxylation is 1. The lowest BCUT2D eigenvalue weighted by Crippen LogP contribution is -2.38. The van der Waals surface area contributed by atoms with E-state index in [9.17, 15) is 0 Å². The summed E-state index contributed by atoms with van der Waals surface area (Å²) in [4.78, 5) is 0. The topological polar surface area (TPSA) is 21.3 Å². The van der Waals surface area contributed by atoms with E-state index in [1.54, 1.807) is 0 Å². The maximum Gasteiger partial charge on any atom is 0.122 e. The number of hydrogen-bond donors (Lipinski definition) is 1. The molecule has 1 N–H and O–H groups in total. The van der Waals surface area contributed by atoms with Gasteiger partial charge in [-0.05, 0) is 51.5 Å². The fourth-order valence-corrected chi connectivity index (χ4v) is 1.84. The van der Waals surface area contributed by atoms with Crippen molar-refractivity contribution < 1.29 is 4.74 Å². The van der Waals surface area contributed by atoms with Crippen molar-refractivity contribution in [3.05, 3.63) is 28.2 Å². The van der Waals surface area contributed by atoms with Crippen LogP contribution >= 0.6 is 15.9 Å². The second kappa shape index (κ2) is 5.69. The predicted molar refractivity (Wildman–Crippen MR) is 72.1 cm³/mol. The summed E-state index contributed by atoms with van der Waals surface area (Å²) in [5.41, 5.74) is 1.31. The second-order valence-electron chi connectivity index (χ2n) is 4.94. The molecule has 0 saturated carbocycles. The molecule has 3 heteroatoms. The minimum absolute atomic E-state index is 0.151. The normalized spacial score (nSPS) is 11.6. The molecule has 1 aromatic rings. The summed E-state index contributed by atoms with van der Waals surface area (Å²) in [6.45, 7) is 10.1. The SMILES string of the molecule is Cc1cc(Br)ccc1OCCNC(C)(C)C.